The summed E-state index contributed by atoms with van der Waals surface area (Å²) in [7, 11) is 2.89. The average molecular weight is 474 g/mol. The third kappa shape index (κ3) is 4.78. The molecule has 176 valence electrons. The molecule has 8 heteroatoms. The van der Waals surface area contributed by atoms with Gasteiger partial charge in [-0.15, -0.1) is 0 Å². The molecule has 7 nitrogen and oxygen atoms in total. The molecular formula is C25H28ClNO6. The number of ketones is 1. The number of hydrogen-bond donors (Lipinski definition) is 1. The van der Waals surface area contributed by atoms with E-state index in [4.69, 9.17) is 25.8 Å². The highest BCUT2D eigenvalue weighted by Gasteiger charge is 2.46. The van der Waals surface area contributed by atoms with Gasteiger partial charge in [0.25, 0.3) is 11.7 Å². The lowest BCUT2D eigenvalue weighted by Crippen LogP contribution is -2.30. The molecule has 1 unspecified atom stereocenters. The van der Waals surface area contributed by atoms with Crippen LogP contribution in [0.25, 0.3) is 5.76 Å². The van der Waals surface area contributed by atoms with Crippen molar-refractivity contribution in [2.24, 2.45) is 0 Å². The summed E-state index contributed by atoms with van der Waals surface area (Å²) >= 11 is 6.28. The number of likely N-dealkylation sites (tertiary alicyclic amines) is 1. The Morgan fingerprint density at radius 2 is 1.79 bits per heavy atom. The fourth-order valence-electron chi connectivity index (χ4n) is 3.88. The molecule has 1 atom stereocenters. The minimum Gasteiger partial charge on any atom is -0.507 e. The van der Waals surface area contributed by atoms with Crippen LogP contribution in [0.5, 0.6) is 17.2 Å². The number of nitrogens with zero attached hydrogens (tertiary/aromatic N) is 1. The van der Waals surface area contributed by atoms with E-state index in [2.05, 4.69) is 0 Å². The topological polar surface area (TPSA) is 85.3 Å². The highest BCUT2D eigenvalue weighted by Crippen LogP contribution is 2.43. The Balaban J connectivity index is 2.21. The Kier molecular flexibility index (Phi) is 7.87. The molecule has 1 aliphatic heterocycles. The van der Waals surface area contributed by atoms with Crippen molar-refractivity contribution in [2.75, 3.05) is 27.4 Å². The molecule has 0 aliphatic carbocycles. The number of carbonyl (C=O) groups is 2. The number of benzene rings is 2. The average Bonchev–Trinajstić information content (AvgIpc) is 3.07. The first-order valence-corrected chi connectivity index (χ1v) is 11.2. The zero-order chi connectivity index (χ0) is 24.1. The summed E-state index contributed by atoms with van der Waals surface area (Å²) in [5, 5.41) is 11.5. The molecule has 0 spiro atoms. The summed E-state index contributed by atoms with van der Waals surface area (Å²) in [6, 6.07) is 9.42. The number of aliphatic hydroxyl groups excluding tert-OH is 1. The number of carbonyl (C=O) groups excluding carboxylic acids is 2. The summed E-state index contributed by atoms with van der Waals surface area (Å²) < 4.78 is 16.4. The minimum absolute atomic E-state index is 0.0272. The molecule has 2 aromatic rings. The van der Waals surface area contributed by atoms with E-state index in [1.165, 1.54) is 31.3 Å². The first kappa shape index (κ1) is 24.5. The maximum Gasteiger partial charge on any atom is 0.295 e. The number of aliphatic hydroxyl groups is 1. The Morgan fingerprint density at radius 3 is 2.42 bits per heavy atom. The van der Waals surface area contributed by atoms with Gasteiger partial charge in [0.2, 0.25) is 0 Å². The maximum atomic E-state index is 13.1. The van der Waals surface area contributed by atoms with Crippen molar-refractivity contribution < 1.29 is 28.9 Å². The van der Waals surface area contributed by atoms with Crippen molar-refractivity contribution in [1.82, 2.24) is 4.90 Å². The monoisotopic (exact) mass is 473 g/mol. The predicted molar refractivity (Wildman–Crippen MR) is 126 cm³/mol. The van der Waals surface area contributed by atoms with Crippen molar-refractivity contribution in [2.45, 2.75) is 32.7 Å². The van der Waals surface area contributed by atoms with Crippen LogP contribution < -0.4 is 14.2 Å². The number of hydrogen-bond acceptors (Lipinski definition) is 6. The third-order valence-electron chi connectivity index (χ3n) is 5.38. The van der Waals surface area contributed by atoms with Crippen LogP contribution in [-0.4, -0.2) is 49.1 Å². The molecule has 2 aromatic carbocycles. The lowest BCUT2D eigenvalue weighted by molar-refractivity contribution is -0.139. The Hall–Kier alpha value is -3.19. The van der Waals surface area contributed by atoms with Crippen molar-refractivity contribution in [1.29, 1.82) is 0 Å². The van der Waals surface area contributed by atoms with Gasteiger partial charge in [0.05, 0.1) is 43.0 Å². The van der Waals surface area contributed by atoms with Gasteiger partial charge < -0.3 is 24.2 Å². The van der Waals surface area contributed by atoms with Crippen molar-refractivity contribution in [3.05, 3.63) is 58.1 Å². The largest absolute Gasteiger partial charge is 0.507 e. The summed E-state index contributed by atoms with van der Waals surface area (Å²) in [5.41, 5.74) is 0.832. The first-order valence-electron chi connectivity index (χ1n) is 10.8. The molecule has 1 fully saturated rings. The van der Waals surface area contributed by atoms with Crippen LogP contribution >= 0.6 is 11.6 Å². The summed E-state index contributed by atoms with van der Waals surface area (Å²) in [6.45, 7) is 4.82. The summed E-state index contributed by atoms with van der Waals surface area (Å²) in [4.78, 5) is 27.5. The molecule has 0 saturated carbocycles. The first-order chi connectivity index (χ1) is 15.9. The molecule has 3 rings (SSSR count). The second-order valence-electron chi connectivity index (χ2n) is 7.60. The van der Waals surface area contributed by atoms with Gasteiger partial charge in [-0.25, -0.2) is 0 Å². The molecule has 1 saturated heterocycles. The number of amides is 1. The predicted octanol–water partition coefficient (Wildman–Crippen LogP) is 4.98. The van der Waals surface area contributed by atoms with Gasteiger partial charge >= 0.3 is 0 Å². The second-order valence-corrected chi connectivity index (χ2v) is 8.01. The normalized spacial score (nSPS) is 17.4. The number of rotatable bonds is 9. The zero-order valence-corrected chi connectivity index (χ0v) is 19.9. The molecule has 1 amide bonds. The van der Waals surface area contributed by atoms with Gasteiger partial charge in [0.1, 0.15) is 23.0 Å². The Bertz CT molecular complexity index is 1080. The van der Waals surface area contributed by atoms with Gasteiger partial charge in [-0.2, -0.15) is 0 Å². The van der Waals surface area contributed by atoms with E-state index < -0.39 is 17.7 Å². The fourth-order valence-corrected chi connectivity index (χ4v) is 4.12. The minimum atomic E-state index is -0.777. The van der Waals surface area contributed by atoms with E-state index in [1.54, 1.807) is 12.1 Å². The number of halogens is 1. The molecule has 1 N–H and O–H groups in total. The van der Waals surface area contributed by atoms with E-state index >= 15 is 0 Å². The van der Waals surface area contributed by atoms with Gasteiger partial charge in [0.15, 0.2) is 0 Å². The van der Waals surface area contributed by atoms with E-state index in [9.17, 15) is 14.7 Å². The molecule has 33 heavy (non-hydrogen) atoms. The van der Waals surface area contributed by atoms with Gasteiger partial charge in [0, 0.05) is 12.6 Å². The lowest BCUT2D eigenvalue weighted by Gasteiger charge is -2.25. The van der Waals surface area contributed by atoms with Gasteiger partial charge in [-0.3, -0.25) is 9.59 Å². The SMILES string of the molecule is CCCOc1cccc(C2/C(=C(\O)c3cc(Cl)c(OC)cc3OC)C(=O)C(=O)N2CCC)c1. The highest BCUT2D eigenvalue weighted by atomic mass is 35.5. The van der Waals surface area contributed by atoms with Gasteiger partial charge in [-0.1, -0.05) is 37.6 Å². The zero-order valence-electron chi connectivity index (χ0n) is 19.2. The van der Waals surface area contributed by atoms with Crippen molar-refractivity contribution in [3.63, 3.8) is 0 Å². The summed E-state index contributed by atoms with van der Waals surface area (Å²) in [5.74, 6) is -0.551. The Morgan fingerprint density at radius 1 is 1.06 bits per heavy atom. The molecule has 0 radical (unpaired) electrons. The molecule has 1 aliphatic rings. The number of ether oxygens (including phenoxy) is 3. The molecular weight excluding hydrogens is 446 g/mol. The Labute approximate surface area is 198 Å². The van der Waals surface area contributed by atoms with E-state index in [0.717, 1.165) is 6.42 Å². The molecule has 0 aromatic heterocycles. The van der Waals surface area contributed by atoms with E-state index in [-0.39, 0.29) is 27.7 Å². The third-order valence-corrected chi connectivity index (χ3v) is 5.68. The van der Waals surface area contributed by atoms with Crippen LogP contribution in [0.4, 0.5) is 0 Å². The van der Waals surface area contributed by atoms with Crippen molar-refractivity contribution >= 4 is 29.1 Å². The van der Waals surface area contributed by atoms with Crippen LogP contribution in [0.15, 0.2) is 42.0 Å². The second kappa shape index (κ2) is 10.6. The smallest absolute Gasteiger partial charge is 0.295 e. The molecule has 1 heterocycles. The lowest BCUT2D eigenvalue weighted by atomic mass is 9.94. The number of methoxy groups -OCH3 is 2. The maximum absolute atomic E-state index is 13.1. The van der Waals surface area contributed by atoms with E-state index in [1.807, 2.05) is 26.0 Å². The highest BCUT2D eigenvalue weighted by molar-refractivity contribution is 6.46. The molecule has 0 bridgehead atoms. The van der Waals surface area contributed by atoms with Crippen LogP contribution in [0.2, 0.25) is 5.02 Å². The summed E-state index contributed by atoms with van der Waals surface area (Å²) in [6.07, 6.45) is 1.49. The standard InChI is InChI=1S/C25H28ClNO6/c1-5-10-27-22(15-8-7-9-16(12-15)33-11-6-2)21(24(29)25(27)30)23(28)17-13-18(26)20(32-4)14-19(17)31-3/h7-9,12-14,22,28H,5-6,10-11H2,1-4H3/b23-21+. The quantitative estimate of drug-likeness (QED) is 0.314. The van der Waals surface area contributed by atoms with E-state index in [0.29, 0.717) is 36.6 Å². The fraction of sp³-hybridized carbons (Fsp3) is 0.360. The van der Waals surface area contributed by atoms with Crippen LogP contribution in [-0.2, 0) is 9.59 Å². The van der Waals surface area contributed by atoms with Crippen LogP contribution in [0, 0.1) is 0 Å². The van der Waals surface area contributed by atoms with Crippen LogP contribution in [0.1, 0.15) is 43.9 Å². The van der Waals surface area contributed by atoms with Crippen molar-refractivity contribution in [3.8, 4) is 17.2 Å². The van der Waals surface area contributed by atoms with Gasteiger partial charge in [-0.05, 0) is 36.6 Å². The number of Topliss-reactive ketones (excluding diaryl/α,β-unsaturated/α-hetero) is 1. The van der Waals surface area contributed by atoms with Crippen LogP contribution in [0.3, 0.4) is 0 Å².